The SMILES string of the molecule is CCN(C(=O)O)[C@H]1C[C@@H](Oc2cc(-c3ccc(O)cc3)cc3c2cnn3C2CCCCO2)C1. The topological polar surface area (TPSA) is 97.1 Å². The first-order valence-electron chi connectivity index (χ1n) is 11.6. The molecule has 5 rings (SSSR count). The molecule has 174 valence electrons. The first-order valence-corrected chi connectivity index (χ1v) is 11.6. The van der Waals surface area contributed by atoms with Crippen LogP contribution >= 0.6 is 0 Å². The minimum atomic E-state index is -0.883. The molecule has 1 saturated carbocycles. The quantitative estimate of drug-likeness (QED) is 0.546. The van der Waals surface area contributed by atoms with Crippen molar-refractivity contribution in [3.8, 4) is 22.6 Å². The van der Waals surface area contributed by atoms with Gasteiger partial charge >= 0.3 is 6.09 Å². The van der Waals surface area contributed by atoms with E-state index in [0.717, 1.165) is 53.6 Å². The fraction of sp³-hybridized carbons (Fsp3) is 0.440. The van der Waals surface area contributed by atoms with Crippen molar-refractivity contribution in [2.75, 3.05) is 13.2 Å². The lowest BCUT2D eigenvalue weighted by Crippen LogP contribution is -2.51. The van der Waals surface area contributed by atoms with Crippen molar-refractivity contribution in [1.29, 1.82) is 0 Å². The number of hydrogen-bond acceptors (Lipinski definition) is 5. The molecule has 2 heterocycles. The third-order valence-corrected chi connectivity index (χ3v) is 6.70. The first-order chi connectivity index (χ1) is 16.0. The number of nitrogens with zero attached hydrogens (tertiary/aromatic N) is 3. The number of phenols is 1. The van der Waals surface area contributed by atoms with E-state index in [4.69, 9.17) is 9.47 Å². The van der Waals surface area contributed by atoms with Gasteiger partial charge in [-0.05, 0) is 61.6 Å². The number of ether oxygens (including phenoxy) is 2. The highest BCUT2D eigenvalue weighted by molar-refractivity contribution is 5.90. The molecule has 2 fully saturated rings. The largest absolute Gasteiger partial charge is 0.508 e. The molecule has 2 aromatic carbocycles. The van der Waals surface area contributed by atoms with Crippen molar-refractivity contribution in [3.63, 3.8) is 0 Å². The van der Waals surface area contributed by atoms with Crippen LogP contribution in [0.15, 0.2) is 42.6 Å². The second kappa shape index (κ2) is 8.94. The Hall–Kier alpha value is -3.26. The minimum Gasteiger partial charge on any atom is -0.508 e. The van der Waals surface area contributed by atoms with Gasteiger partial charge in [-0.1, -0.05) is 12.1 Å². The molecule has 8 heteroatoms. The van der Waals surface area contributed by atoms with Gasteiger partial charge < -0.3 is 24.6 Å². The molecule has 1 amide bonds. The van der Waals surface area contributed by atoms with Crippen LogP contribution in [0.3, 0.4) is 0 Å². The summed E-state index contributed by atoms with van der Waals surface area (Å²) in [5.74, 6) is 0.954. The van der Waals surface area contributed by atoms with E-state index in [-0.39, 0.29) is 24.1 Å². The summed E-state index contributed by atoms with van der Waals surface area (Å²) in [7, 11) is 0. The molecule has 1 saturated heterocycles. The molecular formula is C25H29N3O5. The Morgan fingerprint density at radius 2 is 2.00 bits per heavy atom. The summed E-state index contributed by atoms with van der Waals surface area (Å²) in [4.78, 5) is 12.9. The number of aromatic nitrogens is 2. The Bertz CT molecular complexity index is 1130. The summed E-state index contributed by atoms with van der Waals surface area (Å²) in [6.45, 7) is 3.06. The highest BCUT2D eigenvalue weighted by Crippen LogP contribution is 2.38. The van der Waals surface area contributed by atoms with Crippen molar-refractivity contribution in [2.24, 2.45) is 0 Å². The summed E-state index contributed by atoms with van der Waals surface area (Å²) in [6, 6.07) is 11.2. The molecular weight excluding hydrogens is 422 g/mol. The van der Waals surface area contributed by atoms with Crippen molar-refractivity contribution in [2.45, 2.75) is 57.4 Å². The average Bonchev–Trinajstić information content (AvgIpc) is 3.23. The highest BCUT2D eigenvalue weighted by Gasteiger charge is 2.37. The Balaban J connectivity index is 1.47. The van der Waals surface area contributed by atoms with Gasteiger partial charge in [0, 0.05) is 32.0 Å². The summed E-state index contributed by atoms with van der Waals surface area (Å²) in [6.07, 6.45) is 5.24. The summed E-state index contributed by atoms with van der Waals surface area (Å²) in [5.41, 5.74) is 2.87. The highest BCUT2D eigenvalue weighted by atomic mass is 16.5. The fourth-order valence-corrected chi connectivity index (χ4v) is 4.80. The molecule has 1 atom stereocenters. The van der Waals surface area contributed by atoms with Crippen LogP contribution in [0.2, 0.25) is 0 Å². The monoisotopic (exact) mass is 451 g/mol. The van der Waals surface area contributed by atoms with Crippen LogP contribution in [-0.2, 0) is 4.74 Å². The number of benzene rings is 2. The van der Waals surface area contributed by atoms with E-state index >= 15 is 0 Å². The van der Waals surface area contributed by atoms with Crippen LogP contribution in [0.1, 0.15) is 45.3 Å². The first kappa shape index (κ1) is 21.6. The average molecular weight is 452 g/mol. The molecule has 0 spiro atoms. The van der Waals surface area contributed by atoms with Crippen molar-refractivity contribution in [3.05, 3.63) is 42.6 Å². The van der Waals surface area contributed by atoms with Gasteiger partial charge in [0.1, 0.15) is 17.6 Å². The maximum Gasteiger partial charge on any atom is 0.407 e. The Morgan fingerprint density at radius 3 is 2.67 bits per heavy atom. The Kier molecular flexibility index (Phi) is 5.85. The molecule has 33 heavy (non-hydrogen) atoms. The minimum absolute atomic E-state index is 0.00775. The van der Waals surface area contributed by atoms with Gasteiger partial charge in [-0.15, -0.1) is 0 Å². The lowest BCUT2D eigenvalue weighted by Gasteiger charge is -2.41. The van der Waals surface area contributed by atoms with Crippen LogP contribution < -0.4 is 4.74 Å². The summed E-state index contributed by atoms with van der Waals surface area (Å²) < 4.78 is 14.3. The standard InChI is InChI=1S/C25H29N3O5/c1-2-27(25(30)31)18-13-20(14-18)33-23-12-17(16-6-8-19(29)9-7-16)11-22-21(23)15-26-28(22)24-5-3-4-10-32-24/h6-9,11-12,15,18,20,24,29H,2-5,10,13-14H2,1H3,(H,30,31)/t18-,20+,24?. The summed E-state index contributed by atoms with van der Waals surface area (Å²) in [5, 5.41) is 24.6. The smallest absolute Gasteiger partial charge is 0.407 e. The number of amides is 1. The Morgan fingerprint density at radius 1 is 1.21 bits per heavy atom. The molecule has 1 aliphatic heterocycles. The van der Waals surface area contributed by atoms with Crippen LogP contribution in [0.5, 0.6) is 11.5 Å². The van der Waals surface area contributed by atoms with Gasteiger partial charge in [0.05, 0.1) is 17.1 Å². The molecule has 0 bridgehead atoms. The molecule has 2 aliphatic rings. The predicted octanol–water partition coefficient (Wildman–Crippen LogP) is 5.02. The maximum absolute atomic E-state index is 11.4. The van der Waals surface area contributed by atoms with Gasteiger partial charge in [-0.25, -0.2) is 9.48 Å². The molecule has 8 nitrogen and oxygen atoms in total. The zero-order valence-corrected chi connectivity index (χ0v) is 18.7. The number of rotatable bonds is 6. The van der Waals surface area contributed by atoms with E-state index in [0.29, 0.717) is 19.4 Å². The van der Waals surface area contributed by atoms with E-state index in [2.05, 4.69) is 11.2 Å². The third-order valence-electron chi connectivity index (χ3n) is 6.70. The number of fused-ring (bicyclic) bond motifs is 1. The van der Waals surface area contributed by atoms with Crippen molar-refractivity contribution < 1.29 is 24.5 Å². The molecule has 1 unspecified atom stereocenters. The zero-order chi connectivity index (χ0) is 22.9. The van der Waals surface area contributed by atoms with Gasteiger partial charge in [0.15, 0.2) is 6.23 Å². The number of carboxylic acid groups (broad SMARTS) is 1. The van der Waals surface area contributed by atoms with E-state index in [1.807, 2.05) is 36.0 Å². The van der Waals surface area contributed by atoms with Gasteiger partial charge in [0.25, 0.3) is 0 Å². The van der Waals surface area contributed by atoms with Crippen LogP contribution in [0, 0.1) is 0 Å². The van der Waals surface area contributed by atoms with Crippen molar-refractivity contribution in [1.82, 2.24) is 14.7 Å². The lowest BCUT2D eigenvalue weighted by molar-refractivity contribution is -0.0366. The van der Waals surface area contributed by atoms with E-state index in [1.165, 1.54) is 4.90 Å². The second-order valence-corrected chi connectivity index (χ2v) is 8.80. The normalized spacial score (nSPS) is 22.6. The van der Waals surface area contributed by atoms with E-state index in [9.17, 15) is 15.0 Å². The number of aromatic hydroxyl groups is 1. The Labute approximate surface area is 192 Å². The van der Waals surface area contributed by atoms with E-state index < -0.39 is 6.09 Å². The second-order valence-electron chi connectivity index (χ2n) is 8.80. The number of hydrogen-bond donors (Lipinski definition) is 2. The van der Waals surface area contributed by atoms with Crippen LogP contribution in [0.4, 0.5) is 4.79 Å². The lowest BCUT2D eigenvalue weighted by atomic mass is 9.88. The predicted molar refractivity (Wildman–Crippen MR) is 124 cm³/mol. The third kappa shape index (κ3) is 4.23. The molecule has 2 N–H and O–H groups in total. The molecule has 0 radical (unpaired) electrons. The molecule has 3 aromatic rings. The maximum atomic E-state index is 11.4. The fourth-order valence-electron chi connectivity index (χ4n) is 4.80. The molecule has 1 aromatic heterocycles. The number of phenolic OH excluding ortho intramolecular Hbond substituents is 1. The van der Waals surface area contributed by atoms with E-state index in [1.54, 1.807) is 12.1 Å². The van der Waals surface area contributed by atoms with Gasteiger partial charge in [-0.3, -0.25) is 0 Å². The van der Waals surface area contributed by atoms with Gasteiger partial charge in [0.2, 0.25) is 0 Å². The summed E-state index contributed by atoms with van der Waals surface area (Å²) >= 11 is 0. The number of carbonyl (C=O) groups is 1. The molecule has 1 aliphatic carbocycles. The zero-order valence-electron chi connectivity index (χ0n) is 18.7. The van der Waals surface area contributed by atoms with Crippen LogP contribution in [-0.4, -0.2) is 56.3 Å². The van der Waals surface area contributed by atoms with Gasteiger partial charge in [-0.2, -0.15) is 5.10 Å². The van der Waals surface area contributed by atoms with Crippen molar-refractivity contribution >= 4 is 17.0 Å². The van der Waals surface area contributed by atoms with Crippen LogP contribution in [0.25, 0.3) is 22.0 Å².